The SMILES string of the molecule is O=C(CCc1ccccc1)OCC1OC(n2cnc3c(=O)[nH]cnc32)C(O)C1O. The topological polar surface area (TPSA) is 140 Å². The van der Waals surface area contributed by atoms with Gasteiger partial charge in [-0.3, -0.25) is 14.2 Å². The smallest absolute Gasteiger partial charge is 0.306 e. The molecule has 0 aliphatic carbocycles. The first-order valence-electron chi connectivity index (χ1n) is 9.16. The third kappa shape index (κ3) is 3.90. The van der Waals surface area contributed by atoms with Gasteiger partial charge in [-0.05, 0) is 12.0 Å². The van der Waals surface area contributed by atoms with Crippen molar-refractivity contribution in [1.29, 1.82) is 0 Å². The number of aromatic amines is 1. The van der Waals surface area contributed by atoms with Crippen molar-refractivity contribution in [1.82, 2.24) is 19.5 Å². The molecule has 1 aromatic carbocycles. The minimum absolute atomic E-state index is 0.0913. The van der Waals surface area contributed by atoms with Crippen LogP contribution in [0.25, 0.3) is 11.2 Å². The van der Waals surface area contributed by atoms with Gasteiger partial charge in [-0.15, -0.1) is 0 Å². The molecule has 2 aromatic heterocycles. The van der Waals surface area contributed by atoms with Crippen molar-refractivity contribution >= 4 is 17.1 Å². The van der Waals surface area contributed by atoms with E-state index >= 15 is 0 Å². The fourth-order valence-corrected chi connectivity index (χ4v) is 3.28. The molecule has 152 valence electrons. The van der Waals surface area contributed by atoms with E-state index in [4.69, 9.17) is 9.47 Å². The number of nitrogens with zero attached hydrogens (tertiary/aromatic N) is 3. The molecule has 10 nitrogen and oxygen atoms in total. The summed E-state index contributed by atoms with van der Waals surface area (Å²) < 4.78 is 12.3. The van der Waals surface area contributed by atoms with Gasteiger partial charge in [0.1, 0.15) is 24.9 Å². The Hall–Kier alpha value is -3.08. The summed E-state index contributed by atoms with van der Waals surface area (Å²) in [7, 11) is 0. The van der Waals surface area contributed by atoms with Crippen molar-refractivity contribution in [2.24, 2.45) is 0 Å². The molecule has 0 bridgehead atoms. The van der Waals surface area contributed by atoms with Crippen LogP contribution in [0.4, 0.5) is 0 Å². The largest absolute Gasteiger partial charge is 0.463 e. The standard InChI is InChI=1S/C19H20N4O6/c24-13(7-6-11-4-2-1-3-5-11)28-8-12-15(25)16(26)19(29-12)23-10-22-14-17(23)20-9-21-18(14)27/h1-5,9-10,12,15-16,19,25-26H,6-8H2,(H,20,21,27). The summed E-state index contributed by atoms with van der Waals surface area (Å²) in [4.78, 5) is 34.2. The van der Waals surface area contributed by atoms with Gasteiger partial charge in [0.25, 0.3) is 5.56 Å². The molecule has 3 N–H and O–H groups in total. The molecule has 0 spiro atoms. The third-order valence-corrected chi connectivity index (χ3v) is 4.85. The Bertz CT molecular complexity index is 1050. The predicted molar refractivity (Wildman–Crippen MR) is 99.8 cm³/mol. The summed E-state index contributed by atoms with van der Waals surface area (Å²) in [6.45, 7) is -0.205. The number of benzene rings is 1. The minimum atomic E-state index is -1.30. The highest BCUT2D eigenvalue weighted by atomic mass is 16.6. The fraction of sp³-hybridized carbons (Fsp3) is 0.368. The second kappa shape index (κ2) is 8.11. The number of carbonyl (C=O) groups excluding carboxylic acids is 1. The number of ether oxygens (including phenoxy) is 2. The van der Waals surface area contributed by atoms with E-state index in [0.717, 1.165) is 5.56 Å². The Kier molecular flexibility index (Phi) is 5.38. The number of fused-ring (bicyclic) bond motifs is 1. The van der Waals surface area contributed by atoms with Crippen LogP contribution in [0.3, 0.4) is 0 Å². The van der Waals surface area contributed by atoms with E-state index in [2.05, 4.69) is 15.0 Å². The summed E-state index contributed by atoms with van der Waals surface area (Å²) >= 11 is 0. The van der Waals surface area contributed by atoms with E-state index in [9.17, 15) is 19.8 Å². The molecule has 4 rings (SSSR count). The first kappa shape index (κ1) is 19.2. The molecule has 10 heteroatoms. The molecule has 0 amide bonds. The number of aliphatic hydroxyl groups excluding tert-OH is 2. The molecule has 4 atom stereocenters. The molecule has 0 saturated carbocycles. The zero-order chi connectivity index (χ0) is 20.4. The lowest BCUT2D eigenvalue weighted by Gasteiger charge is -2.16. The van der Waals surface area contributed by atoms with Gasteiger partial charge in [0.15, 0.2) is 17.4 Å². The quantitative estimate of drug-likeness (QED) is 0.488. The second-order valence-corrected chi connectivity index (χ2v) is 6.77. The van der Waals surface area contributed by atoms with Crippen molar-refractivity contribution in [2.75, 3.05) is 6.61 Å². The summed E-state index contributed by atoms with van der Waals surface area (Å²) in [6.07, 6.45) is -1.26. The van der Waals surface area contributed by atoms with Crippen LogP contribution in [0.5, 0.6) is 0 Å². The highest BCUT2D eigenvalue weighted by molar-refractivity contribution is 5.70. The highest BCUT2D eigenvalue weighted by Gasteiger charge is 2.44. The number of esters is 1. The summed E-state index contributed by atoms with van der Waals surface area (Å²) in [5.74, 6) is -0.427. The normalized spacial score (nSPS) is 24.1. The Morgan fingerprint density at radius 1 is 1.21 bits per heavy atom. The number of carbonyl (C=O) groups is 1. The maximum atomic E-state index is 12.0. The van der Waals surface area contributed by atoms with E-state index in [1.807, 2.05) is 30.3 Å². The zero-order valence-corrected chi connectivity index (χ0v) is 15.3. The molecule has 1 aliphatic rings. The lowest BCUT2D eigenvalue weighted by Crippen LogP contribution is -2.34. The number of hydrogen-bond acceptors (Lipinski definition) is 8. The lowest BCUT2D eigenvalue weighted by atomic mass is 10.1. The fourth-order valence-electron chi connectivity index (χ4n) is 3.28. The Labute approximate surface area is 164 Å². The van der Waals surface area contributed by atoms with E-state index in [0.29, 0.717) is 6.42 Å². The van der Waals surface area contributed by atoms with Gasteiger partial charge in [0, 0.05) is 6.42 Å². The van der Waals surface area contributed by atoms with Gasteiger partial charge in [-0.1, -0.05) is 30.3 Å². The Balaban J connectivity index is 1.38. The van der Waals surface area contributed by atoms with Crippen molar-refractivity contribution < 1.29 is 24.5 Å². The average molecular weight is 400 g/mol. The van der Waals surface area contributed by atoms with Gasteiger partial charge in [-0.2, -0.15) is 0 Å². The molecule has 1 fully saturated rings. The number of rotatable bonds is 6. The van der Waals surface area contributed by atoms with Gasteiger partial charge < -0.3 is 24.7 Å². The van der Waals surface area contributed by atoms with Crippen LogP contribution in [0.15, 0.2) is 47.8 Å². The van der Waals surface area contributed by atoms with Crippen LogP contribution in [0.1, 0.15) is 18.2 Å². The van der Waals surface area contributed by atoms with E-state index in [1.165, 1.54) is 17.2 Å². The molecule has 1 saturated heterocycles. The van der Waals surface area contributed by atoms with E-state index < -0.39 is 36.1 Å². The predicted octanol–water partition coefficient (Wildman–Crippen LogP) is -0.0852. The number of aryl methyl sites for hydroxylation is 1. The molecule has 4 unspecified atom stereocenters. The molecule has 0 radical (unpaired) electrons. The summed E-state index contributed by atoms with van der Waals surface area (Å²) in [6, 6.07) is 9.54. The van der Waals surface area contributed by atoms with Gasteiger partial charge in [0.2, 0.25) is 0 Å². The number of aliphatic hydroxyl groups is 2. The van der Waals surface area contributed by atoms with Crippen LogP contribution in [0, 0.1) is 0 Å². The number of hydrogen-bond donors (Lipinski definition) is 3. The first-order valence-corrected chi connectivity index (χ1v) is 9.16. The number of aromatic nitrogens is 4. The number of imidazole rings is 1. The number of nitrogens with one attached hydrogen (secondary N) is 1. The lowest BCUT2D eigenvalue weighted by molar-refractivity contribution is -0.150. The first-order chi connectivity index (χ1) is 14.0. The maximum absolute atomic E-state index is 12.0. The van der Waals surface area contributed by atoms with Crippen LogP contribution in [0.2, 0.25) is 0 Å². The van der Waals surface area contributed by atoms with Crippen molar-refractivity contribution in [2.45, 2.75) is 37.4 Å². The van der Waals surface area contributed by atoms with Crippen molar-refractivity contribution in [3.05, 3.63) is 58.9 Å². The summed E-state index contributed by atoms with van der Waals surface area (Å²) in [5.41, 5.74) is 0.899. The van der Waals surface area contributed by atoms with Crippen molar-refractivity contribution in [3.63, 3.8) is 0 Å². The monoisotopic (exact) mass is 400 g/mol. The molecular weight excluding hydrogens is 380 g/mol. The number of H-pyrrole nitrogens is 1. The van der Waals surface area contributed by atoms with Gasteiger partial charge in [0.05, 0.1) is 12.7 Å². The molecular formula is C19H20N4O6. The van der Waals surface area contributed by atoms with Crippen LogP contribution >= 0.6 is 0 Å². The second-order valence-electron chi connectivity index (χ2n) is 6.77. The Morgan fingerprint density at radius 3 is 2.79 bits per heavy atom. The minimum Gasteiger partial charge on any atom is -0.463 e. The van der Waals surface area contributed by atoms with E-state index in [-0.39, 0.29) is 24.2 Å². The Morgan fingerprint density at radius 2 is 2.00 bits per heavy atom. The van der Waals surface area contributed by atoms with Crippen LogP contribution < -0.4 is 5.56 Å². The summed E-state index contributed by atoms with van der Waals surface area (Å²) in [5, 5.41) is 20.7. The van der Waals surface area contributed by atoms with E-state index in [1.54, 1.807) is 0 Å². The van der Waals surface area contributed by atoms with Crippen LogP contribution in [-0.4, -0.2) is 60.6 Å². The molecule has 1 aliphatic heterocycles. The highest BCUT2D eigenvalue weighted by Crippen LogP contribution is 2.31. The average Bonchev–Trinajstić information content (AvgIpc) is 3.28. The van der Waals surface area contributed by atoms with Crippen LogP contribution in [-0.2, 0) is 20.7 Å². The zero-order valence-electron chi connectivity index (χ0n) is 15.3. The molecule has 29 heavy (non-hydrogen) atoms. The maximum Gasteiger partial charge on any atom is 0.306 e. The molecule has 3 aromatic rings. The van der Waals surface area contributed by atoms with Gasteiger partial charge >= 0.3 is 5.97 Å². The van der Waals surface area contributed by atoms with Crippen molar-refractivity contribution in [3.8, 4) is 0 Å². The molecule has 3 heterocycles. The van der Waals surface area contributed by atoms with Gasteiger partial charge in [-0.25, -0.2) is 9.97 Å². The third-order valence-electron chi connectivity index (χ3n) is 4.85.